The summed E-state index contributed by atoms with van der Waals surface area (Å²) in [7, 11) is 0. The third-order valence-corrected chi connectivity index (χ3v) is 7.82. The quantitative estimate of drug-likeness (QED) is 0.644. The summed E-state index contributed by atoms with van der Waals surface area (Å²) in [5, 5.41) is 4.95. The van der Waals surface area contributed by atoms with E-state index in [0.29, 0.717) is 28.4 Å². The van der Waals surface area contributed by atoms with Crippen molar-refractivity contribution in [3.63, 3.8) is 0 Å². The van der Waals surface area contributed by atoms with Crippen LogP contribution in [-0.4, -0.2) is 48.0 Å². The number of halogens is 2. The molecule has 0 bridgehead atoms. The third kappa shape index (κ3) is 6.03. The van der Waals surface area contributed by atoms with Crippen LogP contribution in [-0.2, 0) is 11.2 Å². The average molecular weight is 429 g/mol. The first-order chi connectivity index (χ1) is 13.1. The maximum absolute atomic E-state index is 12.5. The Morgan fingerprint density at radius 1 is 1.19 bits per heavy atom. The van der Waals surface area contributed by atoms with Gasteiger partial charge < -0.3 is 10.2 Å². The number of nitrogens with one attached hydrogen (secondary N) is 1. The lowest BCUT2D eigenvalue weighted by Crippen LogP contribution is -2.44. The number of amides is 1. The van der Waals surface area contributed by atoms with Crippen molar-refractivity contribution in [2.75, 3.05) is 25.9 Å². The van der Waals surface area contributed by atoms with Crippen molar-refractivity contribution in [1.82, 2.24) is 10.2 Å². The number of likely N-dealkylation sites (tertiary alicyclic amines) is 1. The highest BCUT2D eigenvalue weighted by Crippen LogP contribution is 2.33. The molecule has 2 aliphatic rings. The van der Waals surface area contributed by atoms with Crippen molar-refractivity contribution in [3.8, 4) is 0 Å². The number of thioether (sulfide) groups is 1. The molecule has 1 saturated heterocycles. The van der Waals surface area contributed by atoms with E-state index in [1.54, 1.807) is 12.1 Å². The van der Waals surface area contributed by atoms with E-state index in [2.05, 4.69) is 16.5 Å². The minimum atomic E-state index is 0.0681. The van der Waals surface area contributed by atoms with Gasteiger partial charge in [-0.05, 0) is 75.1 Å². The number of hydrogen-bond donors (Lipinski definition) is 1. The Labute approximate surface area is 177 Å². The van der Waals surface area contributed by atoms with Crippen molar-refractivity contribution in [2.45, 2.75) is 56.2 Å². The minimum absolute atomic E-state index is 0.0681. The number of hydrogen-bond acceptors (Lipinski definition) is 3. The Morgan fingerprint density at radius 2 is 1.96 bits per heavy atom. The summed E-state index contributed by atoms with van der Waals surface area (Å²) in [5.41, 5.74) is 0.904. The highest BCUT2D eigenvalue weighted by molar-refractivity contribution is 7.99. The van der Waals surface area contributed by atoms with Gasteiger partial charge in [0.2, 0.25) is 5.91 Å². The minimum Gasteiger partial charge on any atom is -0.355 e. The summed E-state index contributed by atoms with van der Waals surface area (Å²) in [6.45, 7) is 3.23. The van der Waals surface area contributed by atoms with Crippen LogP contribution in [0.5, 0.6) is 0 Å². The summed E-state index contributed by atoms with van der Waals surface area (Å²) in [6, 6.07) is 6.03. The van der Waals surface area contributed by atoms with Crippen LogP contribution in [0.15, 0.2) is 18.2 Å². The van der Waals surface area contributed by atoms with Crippen LogP contribution in [0.3, 0.4) is 0 Å². The predicted molar refractivity (Wildman–Crippen MR) is 117 cm³/mol. The van der Waals surface area contributed by atoms with Gasteiger partial charge in [0, 0.05) is 17.8 Å². The summed E-state index contributed by atoms with van der Waals surface area (Å²) < 4.78 is 0. The molecule has 1 aliphatic carbocycles. The standard InChI is InChI=1S/C21H30Cl2N2OS/c1-27-17-5-4-6-20(25-9-2-3-10-25)16(13-17)14-24-21(26)12-15-7-8-18(22)19(23)11-15/h7-8,11,16-17,20H,2-6,9-10,12-14H2,1H3,(H,24,26). The van der Waals surface area contributed by atoms with Crippen molar-refractivity contribution in [1.29, 1.82) is 0 Å². The van der Waals surface area contributed by atoms with E-state index in [0.717, 1.165) is 17.4 Å². The summed E-state index contributed by atoms with van der Waals surface area (Å²) in [4.78, 5) is 15.2. The largest absolute Gasteiger partial charge is 0.355 e. The molecule has 150 valence electrons. The van der Waals surface area contributed by atoms with Gasteiger partial charge in [-0.15, -0.1) is 0 Å². The van der Waals surface area contributed by atoms with Gasteiger partial charge in [-0.1, -0.05) is 35.7 Å². The maximum atomic E-state index is 12.5. The second-order valence-electron chi connectivity index (χ2n) is 7.82. The predicted octanol–water partition coefficient (Wildman–Crippen LogP) is 5.04. The normalized spacial score (nSPS) is 26.7. The van der Waals surface area contributed by atoms with Crippen molar-refractivity contribution in [2.24, 2.45) is 5.92 Å². The lowest BCUT2D eigenvalue weighted by Gasteiger charge is -2.34. The van der Waals surface area contributed by atoms with Gasteiger partial charge in [0.05, 0.1) is 16.5 Å². The smallest absolute Gasteiger partial charge is 0.224 e. The molecule has 0 radical (unpaired) electrons. The van der Waals surface area contributed by atoms with E-state index in [1.807, 2.05) is 17.8 Å². The summed E-state index contributed by atoms with van der Waals surface area (Å²) in [6.07, 6.45) is 10.3. The number of nitrogens with zero attached hydrogens (tertiary/aromatic N) is 1. The lowest BCUT2D eigenvalue weighted by molar-refractivity contribution is -0.120. The molecule has 1 heterocycles. The van der Waals surface area contributed by atoms with Crippen LogP contribution in [0.25, 0.3) is 0 Å². The molecule has 1 aromatic rings. The zero-order chi connectivity index (χ0) is 19.2. The molecule has 3 rings (SSSR count). The molecule has 2 fully saturated rings. The van der Waals surface area contributed by atoms with Gasteiger partial charge in [-0.25, -0.2) is 0 Å². The fourth-order valence-electron chi connectivity index (χ4n) is 4.53. The van der Waals surface area contributed by atoms with E-state index in [4.69, 9.17) is 23.2 Å². The molecule has 3 atom stereocenters. The third-order valence-electron chi connectivity index (χ3n) is 5.99. The molecule has 0 spiro atoms. The van der Waals surface area contributed by atoms with Crippen molar-refractivity contribution < 1.29 is 4.79 Å². The van der Waals surface area contributed by atoms with Gasteiger partial charge in [-0.3, -0.25) is 4.79 Å². The number of rotatable bonds is 6. The number of carbonyl (C=O) groups is 1. The average Bonchev–Trinajstić information content (AvgIpc) is 3.10. The summed E-state index contributed by atoms with van der Waals surface area (Å²) in [5.74, 6) is 0.610. The van der Waals surface area contributed by atoms with Gasteiger partial charge in [0.25, 0.3) is 0 Å². The molecule has 3 nitrogen and oxygen atoms in total. The molecule has 3 unspecified atom stereocenters. The Hall–Kier alpha value is -0.420. The van der Waals surface area contributed by atoms with Crippen molar-refractivity contribution in [3.05, 3.63) is 33.8 Å². The molecule has 1 N–H and O–H groups in total. The van der Waals surface area contributed by atoms with Gasteiger partial charge >= 0.3 is 0 Å². The van der Waals surface area contributed by atoms with Crippen molar-refractivity contribution >= 4 is 40.9 Å². The Morgan fingerprint density at radius 3 is 2.67 bits per heavy atom. The Bertz CT molecular complexity index is 637. The van der Waals surface area contributed by atoms with E-state index in [-0.39, 0.29) is 5.91 Å². The van der Waals surface area contributed by atoms with Crippen LogP contribution in [0.1, 0.15) is 44.1 Å². The fourth-order valence-corrected chi connectivity index (χ4v) is 5.70. The second kappa shape index (κ2) is 10.4. The first-order valence-corrected chi connectivity index (χ1v) is 12.1. The number of benzene rings is 1. The molecular formula is C21H30Cl2N2OS. The number of carbonyl (C=O) groups excluding carboxylic acids is 1. The van der Waals surface area contributed by atoms with Gasteiger partial charge in [0.15, 0.2) is 0 Å². The second-order valence-corrected chi connectivity index (χ2v) is 9.78. The molecule has 0 aromatic heterocycles. The van der Waals surface area contributed by atoms with E-state index >= 15 is 0 Å². The fraction of sp³-hybridized carbons (Fsp3) is 0.667. The molecular weight excluding hydrogens is 399 g/mol. The van der Waals surface area contributed by atoms with E-state index < -0.39 is 0 Å². The first-order valence-electron chi connectivity index (χ1n) is 10.0. The molecule has 1 saturated carbocycles. The zero-order valence-electron chi connectivity index (χ0n) is 16.1. The van der Waals surface area contributed by atoms with Crippen LogP contribution < -0.4 is 5.32 Å². The molecule has 1 aliphatic heterocycles. The van der Waals surface area contributed by atoms with Crippen LogP contribution in [0.4, 0.5) is 0 Å². The van der Waals surface area contributed by atoms with Gasteiger partial charge in [-0.2, -0.15) is 11.8 Å². The zero-order valence-corrected chi connectivity index (χ0v) is 18.4. The lowest BCUT2D eigenvalue weighted by atomic mass is 9.93. The highest BCUT2D eigenvalue weighted by atomic mass is 35.5. The topological polar surface area (TPSA) is 32.3 Å². The monoisotopic (exact) mass is 428 g/mol. The first kappa shape index (κ1) is 21.3. The molecule has 27 heavy (non-hydrogen) atoms. The SMILES string of the molecule is CSC1CCCC(N2CCCC2)C(CNC(=O)Cc2ccc(Cl)c(Cl)c2)C1. The van der Waals surface area contributed by atoms with Crippen LogP contribution >= 0.6 is 35.0 Å². The van der Waals surface area contributed by atoms with Gasteiger partial charge in [0.1, 0.15) is 0 Å². The Kier molecular flexibility index (Phi) is 8.19. The van der Waals surface area contributed by atoms with Crippen LogP contribution in [0, 0.1) is 5.92 Å². The maximum Gasteiger partial charge on any atom is 0.224 e. The summed E-state index contributed by atoms with van der Waals surface area (Å²) >= 11 is 14.0. The molecule has 6 heteroatoms. The molecule has 1 aromatic carbocycles. The molecule has 1 amide bonds. The van der Waals surface area contributed by atoms with E-state index in [9.17, 15) is 4.79 Å². The highest BCUT2D eigenvalue weighted by Gasteiger charge is 2.33. The van der Waals surface area contributed by atoms with E-state index in [1.165, 1.54) is 51.6 Å². The van der Waals surface area contributed by atoms with Crippen LogP contribution in [0.2, 0.25) is 10.0 Å². The Balaban J connectivity index is 1.59.